The van der Waals surface area contributed by atoms with Gasteiger partial charge in [0.05, 0.1) is 5.02 Å². The number of nitrogens with zero attached hydrogens (tertiary/aromatic N) is 1. The molecule has 0 radical (unpaired) electrons. The molecule has 0 aliphatic rings. The molecule has 1 aromatic carbocycles. The van der Waals surface area contributed by atoms with E-state index in [0.717, 1.165) is 17.7 Å². The van der Waals surface area contributed by atoms with Gasteiger partial charge < -0.3 is 10.1 Å². The number of aryl methyl sites for hydroxylation is 1. The molecule has 5 heteroatoms. The third-order valence-electron chi connectivity index (χ3n) is 2.78. The standard InChI is InChI=1S/C15H16ClFN2O/c1-3-18-8-11-7-15(19-9-12(11)16)20-14-6-10(2)4-5-13(14)17/h4-7,9,18H,3,8H2,1-2H3. The fourth-order valence-corrected chi connectivity index (χ4v) is 1.88. The van der Waals surface area contributed by atoms with Crippen molar-refractivity contribution < 1.29 is 9.13 Å². The van der Waals surface area contributed by atoms with Crippen molar-refractivity contribution in [2.24, 2.45) is 0 Å². The Hall–Kier alpha value is -1.65. The van der Waals surface area contributed by atoms with Crippen LogP contribution in [0.3, 0.4) is 0 Å². The van der Waals surface area contributed by atoms with E-state index in [-0.39, 0.29) is 5.75 Å². The van der Waals surface area contributed by atoms with Crippen LogP contribution in [0.2, 0.25) is 5.02 Å². The Morgan fingerprint density at radius 3 is 2.90 bits per heavy atom. The van der Waals surface area contributed by atoms with Crippen LogP contribution >= 0.6 is 11.6 Å². The minimum absolute atomic E-state index is 0.161. The predicted octanol–water partition coefficient (Wildman–Crippen LogP) is 4.08. The lowest BCUT2D eigenvalue weighted by Gasteiger charge is -2.09. The minimum Gasteiger partial charge on any atom is -0.436 e. The Kier molecular flexibility index (Phi) is 4.93. The number of hydrogen-bond acceptors (Lipinski definition) is 3. The van der Waals surface area contributed by atoms with E-state index in [0.29, 0.717) is 17.4 Å². The highest BCUT2D eigenvalue weighted by molar-refractivity contribution is 6.31. The molecular weight excluding hydrogens is 279 g/mol. The molecule has 20 heavy (non-hydrogen) atoms. The van der Waals surface area contributed by atoms with Crippen molar-refractivity contribution in [1.82, 2.24) is 10.3 Å². The van der Waals surface area contributed by atoms with Crippen molar-refractivity contribution in [1.29, 1.82) is 0 Å². The molecule has 2 aromatic rings. The van der Waals surface area contributed by atoms with E-state index < -0.39 is 5.82 Å². The van der Waals surface area contributed by atoms with Crippen molar-refractivity contribution in [3.63, 3.8) is 0 Å². The van der Waals surface area contributed by atoms with Crippen LogP contribution in [0.25, 0.3) is 0 Å². The first kappa shape index (κ1) is 14.8. The number of halogens is 2. The zero-order chi connectivity index (χ0) is 14.5. The monoisotopic (exact) mass is 294 g/mol. The van der Waals surface area contributed by atoms with Crippen LogP contribution in [0.4, 0.5) is 4.39 Å². The molecule has 0 atom stereocenters. The van der Waals surface area contributed by atoms with Gasteiger partial charge in [-0.2, -0.15) is 0 Å². The van der Waals surface area contributed by atoms with Crippen LogP contribution in [0, 0.1) is 12.7 Å². The molecule has 0 unspecified atom stereocenters. The van der Waals surface area contributed by atoms with Gasteiger partial charge in [-0.1, -0.05) is 24.6 Å². The van der Waals surface area contributed by atoms with E-state index in [1.54, 1.807) is 18.2 Å². The summed E-state index contributed by atoms with van der Waals surface area (Å²) in [6.07, 6.45) is 1.51. The summed E-state index contributed by atoms with van der Waals surface area (Å²) < 4.78 is 19.1. The Balaban J connectivity index is 2.22. The fraction of sp³-hybridized carbons (Fsp3) is 0.267. The van der Waals surface area contributed by atoms with E-state index >= 15 is 0 Å². The lowest BCUT2D eigenvalue weighted by molar-refractivity contribution is 0.426. The first-order valence-electron chi connectivity index (χ1n) is 6.39. The second-order valence-electron chi connectivity index (χ2n) is 4.43. The quantitative estimate of drug-likeness (QED) is 0.902. The van der Waals surface area contributed by atoms with Crippen LogP contribution in [-0.2, 0) is 6.54 Å². The molecule has 0 fully saturated rings. The van der Waals surface area contributed by atoms with E-state index in [1.165, 1.54) is 12.3 Å². The largest absolute Gasteiger partial charge is 0.436 e. The van der Waals surface area contributed by atoms with Gasteiger partial charge in [-0.15, -0.1) is 0 Å². The molecule has 0 aliphatic heterocycles. The molecule has 0 bridgehead atoms. The van der Waals surface area contributed by atoms with Gasteiger partial charge in [0.15, 0.2) is 11.6 Å². The molecule has 1 N–H and O–H groups in total. The Morgan fingerprint density at radius 2 is 2.15 bits per heavy atom. The molecule has 1 aromatic heterocycles. The molecular formula is C15H16ClFN2O. The highest BCUT2D eigenvalue weighted by Crippen LogP contribution is 2.26. The Bertz CT molecular complexity index is 604. The average Bonchev–Trinajstić information content (AvgIpc) is 2.43. The maximum absolute atomic E-state index is 13.6. The first-order valence-corrected chi connectivity index (χ1v) is 6.77. The molecule has 0 saturated carbocycles. The van der Waals surface area contributed by atoms with Crippen LogP contribution in [0.5, 0.6) is 11.6 Å². The number of ether oxygens (including phenoxy) is 1. The summed E-state index contributed by atoms with van der Waals surface area (Å²) in [6.45, 7) is 5.33. The van der Waals surface area contributed by atoms with Gasteiger partial charge in [0, 0.05) is 18.8 Å². The summed E-state index contributed by atoms with van der Waals surface area (Å²) >= 11 is 6.06. The van der Waals surface area contributed by atoms with E-state index in [9.17, 15) is 4.39 Å². The summed E-state index contributed by atoms with van der Waals surface area (Å²) in [5.74, 6) is 0.0709. The second kappa shape index (κ2) is 6.68. The fourth-order valence-electron chi connectivity index (χ4n) is 1.71. The van der Waals surface area contributed by atoms with Crippen molar-refractivity contribution in [3.05, 3.63) is 52.4 Å². The predicted molar refractivity (Wildman–Crippen MR) is 77.8 cm³/mol. The summed E-state index contributed by atoms with van der Waals surface area (Å²) in [4.78, 5) is 4.06. The zero-order valence-electron chi connectivity index (χ0n) is 11.4. The SMILES string of the molecule is CCNCc1cc(Oc2cc(C)ccc2F)ncc1Cl. The smallest absolute Gasteiger partial charge is 0.219 e. The summed E-state index contributed by atoms with van der Waals surface area (Å²) in [6, 6.07) is 6.41. The first-order chi connectivity index (χ1) is 9.60. The van der Waals surface area contributed by atoms with Gasteiger partial charge in [0.1, 0.15) is 0 Å². The maximum Gasteiger partial charge on any atom is 0.219 e. The third-order valence-corrected chi connectivity index (χ3v) is 3.12. The Labute approximate surface area is 122 Å². The molecule has 0 amide bonds. The van der Waals surface area contributed by atoms with Crippen molar-refractivity contribution in [2.75, 3.05) is 6.54 Å². The number of hydrogen-bond donors (Lipinski definition) is 1. The lowest BCUT2D eigenvalue weighted by atomic mass is 10.2. The number of benzene rings is 1. The lowest BCUT2D eigenvalue weighted by Crippen LogP contribution is -2.12. The molecule has 0 spiro atoms. The molecule has 106 valence electrons. The summed E-state index contributed by atoms with van der Waals surface area (Å²) in [5, 5.41) is 3.73. The third kappa shape index (κ3) is 3.68. The number of aromatic nitrogens is 1. The van der Waals surface area contributed by atoms with Crippen molar-refractivity contribution in [3.8, 4) is 11.6 Å². The van der Waals surface area contributed by atoms with E-state index in [2.05, 4.69) is 10.3 Å². The molecule has 2 rings (SSSR count). The zero-order valence-corrected chi connectivity index (χ0v) is 12.2. The van der Waals surface area contributed by atoms with Gasteiger partial charge in [-0.25, -0.2) is 9.37 Å². The van der Waals surface area contributed by atoms with Crippen LogP contribution < -0.4 is 10.1 Å². The highest BCUT2D eigenvalue weighted by atomic mass is 35.5. The Morgan fingerprint density at radius 1 is 1.35 bits per heavy atom. The maximum atomic E-state index is 13.6. The normalized spacial score (nSPS) is 10.6. The van der Waals surface area contributed by atoms with Gasteiger partial charge in [-0.05, 0) is 36.7 Å². The number of pyridine rings is 1. The summed E-state index contributed by atoms with van der Waals surface area (Å²) in [5.41, 5.74) is 1.79. The number of rotatable bonds is 5. The molecule has 0 aliphatic carbocycles. The average molecular weight is 295 g/mol. The van der Waals surface area contributed by atoms with Gasteiger partial charge >= 0.3 is 0 Å². The van der Waals surface area contributed by atoms with E-state index in [1.807, 2.05) is 13.8 Å². The van der Waals surface area contributed by atoms with Crippen LogP contribution in [0.1, 0.15) is 18.1 Å². The van der Waals surface area contributed by atoms with Crippen molar-refractivity contribution in [2.45, 2.75) is 20.4 Å². The van der Waals surface area contributed by atoms with E-state index in [4.69, 9.17) is 16.3 Å². The van der Waals surface area contributed by atoms with Crippen LogP contribution in [0.15, 0.2) is 30.5 Å². The van der Waals surface area contributed by atoms with Gasteiger partial charge in [0.2, 0.25) is 5.88 Å². The van der Waals surface area contributed by atoms with Gasteiger partial charge in [-0.3, -0.25) is 0 Å². The number of nitrogens with one attached hydrogen (secondary N) is 1. The summed E-state index contributed by atoms with van der Waals surface area (Å²) in [7, 11) is 0. The minimum atomic E-state index is -0.416. The molecule has 0 saturated heterocycles. The van der Waals surface area contributed by atoms with Gasteiger partial charge in [0.25, 0.3) is 0 Å². The second-order valence-corrected chi connectivity index (χ2v) is 4.84. The van der Waals surface area contributed by atoms with Crippen molar-refractivity contribution >= 4 is 11.6 Å². The highest BCUT2D eigenvalue weighted by Gasteiger charge is 2.08. The molecule has 1 heterocycles. The van der Waals surface area contributed by atoms with Crippen LogP contribution in [-0.4, -0.2) is 11.5 Å². The topological polar surface area (TPSA) is 34.1 Å². The molecule has 3 nitrogen and oxygen atoms in total.